The van der Waals surface area contributed by atoms with Gasteiger partial charge in [-0.05, 0) is 150 Å². The molecule has 4 amide bonds. The van der Waals surface area contributed by atoms with Crippen molar-refractivity contribution in [3.63, 3.8) is 0 Å². The van der Waals surface area contributed by atoms with Crippen LogP contribution in [0.4, 0.5) is 5.82 Å². The number of aryl methyl sites for hydroxylation is 1. The maximum Gasteiger partial charge on any atom is 0.329 e. The minimum absolute atomic E-state index is 0.000164. The first-order valence-corrected chi connectivity index (χ1v) is 45.1. The number of allylic oxidation sites excluding steroid dienone is 6. The zero-order valence-corrected chi connectivity index (χ0v) is 75.5. The summed E-state index contributed by atoms with van der Waals surface area (Å²) in [5.74, 6) is -9.35. The summed E-state index contributed by atoms with van der Waals surface area (Å²) >= 11 is 0. The first-order chi connectivity index (χ1) is 62.1. The molecule has 3 fully saturated rings. The molecule has 129 heavy (non-hydrogen) atoms. The molecule has 6 aromatic rings. The molecular weight excluding hydrogens is 1670 g/mol. The van der Waals surface area contributed by atoms with Crippen LogP contribution in [0.25, 0.3) is 44.6 Å². The molecule has 12 N–H and O–H groups in total. The van der Waals surface area contributed by atoms with Crippen LogP contribution >= 0.6 is 0 Å². The minimum atomic E-state index is -2.51. The lowest BCUT2D eigenvalue weighted by Gasteiger charge is -2.42. The largest absolute Gasteiger partial charge is 0.508 e. The smallest absolute Gasteiger partial charge is 0.329 e. The van der Waals surface area contributed by atoms with Crippen molar-refractivity contribution in [2.75, 3.05) is 125 Å². The Morgan fingerprint density at radius 2 is 1.42 bits per heavy atom. The van der Waals surface area contributed by atoms with E-state index in [1.807, 2.05) is 56.4 Å². The highest BCUT2D eigenvalue weighted by atomic mass is 16.6. The number of nitrogen functional groups attached to an aromatic ring is 1. The van der Waals surface area contributed by atoms with Gasteiger partial charge in [0.1, 0.15) is 59.4 Å². The number of aromatic nitrogens is 8. The normalized spacial score (nSPS) is 26.2. The topological polar surface area (TPSA) is 491 Å². The molecule has 0 unspecified atom stereocenters. The standard InChI is InChI=1S/C93H132N14O22/c1-58-17-10-9-11-18-59(2)77(120-7)54-69-25-22-63(6)93(119,129-69)87(115)91(117)105-33-14-12-21-75(105)92(118)128-78(55-76(109)60(3)48-62(5)85(113)86(114)84(112)61(4)47-58)70(94)49-64-23-27-74(79(50-64)121-8)107-56-73(102-104-107)65-19-16-20-66(51-65)90(116)98-32-38-125-42-46-127-44-40-123-36-29-81(111)97-31-37-124-41-45-126-43-39-122-35-28-80(110)96-30-13-15-34-106-89-82(88(95)99-57-100-89)83(103-106)72-53-67-52-68(108)24-26-71(67)101-72/h9-11,16-20,24,26,48,51-53,56-58,60-61,63-64,69-70,74-75,77-79,85-86,101,108,113-114,119H,12-15,21-23,25,27-47,49-50,54-55,94H2,1-8H3,(H,96,110)(H,97,111)(H,98,116)(H2,95,99,100)/b11-9+,17-10+,59-18+,62-48+/t58-,60-,61-,63-,64+,69+,70-,74+,75+,77+,78+,79-,85-,86+,93-/m1/s1. The van der Waals surface area contributed by atoms with Crippen molar-refractivity contribution < 1.29 is 106 Å². The van der Waals surface area contributed by atoms with Gasteiger partial charge in [0.2, 0.25) is 17.6 Å². The number of hydrogen-bond acceptors (Lipinski definition) is 29. The van der Waals surface area contributed by atoms with E-state index in [0.717, 1.165) is 33.5 Å². The number of carbonyl (C=O) groups is 8. The molecule has 36 heteroatoms. The van der Waals surface area contributed by atoms with Gasteiger partial charge >= 0.3 is 5.97 Å². The highest BCUT2D eigenvalue weighted by Crippen LogP contribution is 2.40. The quantitative estimate of drug-likeness (QED) is 0.00789. The second-order valence-electron chi connectivity index (χ2n) is 34.1. The number of ketones is 3. The van der Waals surface area contributed by atoms with Crippen molar-refractivity contribution >= 4 is 74.7 Å². The Bertz CT molecular complexity index is 4800. The van der Waals surface area contributed by atoms with Crippen LogP contribution in [0.5, 0.6) is 5.75 Å². The number of aliphatic hydroxyl groups is 3. The number of nitrogens with zero attached hydrogens (tertiary/aromatic N) is 8. The molecule has 1 aliphatic carbocycles. The summed E-state index contributed by atoms with van der Waals surface area (Å²) < 4.78 is 61.6. The third kappa shape index (κ3) is 29.5. The zero-order chi connectivity index (χ0) is 92.5. The molecule has 1 saturated carbocycles. The number of aliphatic hydroxyl groups excluding tert-OH is 2. The Balaban J connectivity index is 0.586. The number of esters is 1. The number of rotatable bonds is 38. The SMILES string of the molecule is CO[C@H]1C[C@@H]2CC[C@@H](C)[C@@](O)(O2)C(=O)C(=O)N2CCCC[C@H]2C(=O)O[C@H]([C@H](N)C[C@@H]2CC[C@H](n3cc(-c4cccc(C(=O)NCCOCCOCCOCCC(=O)NCCOCCOCCOCCC(=O)NCCCCn5nc(-c6cc7cc(O)ccc7[nH]6)c6c(N)ncnc65)c4)nn3)[C@H](OC)C2)CC(=O)[C@H](C)/C=C(\C)[C@@H](O)[C@@H](O)C(=O)[C@H](C)C[C@H](C)/C=C/C=C/C=C/1C. The van der Waals surface area contributed by atoms with Gasteiger partial charge in [0.15, 0.2) is 11.4 Å². The van der Waals surface area contributed by atoms with Gasteiger partial charge in [-0.2, -0.15) is 5.10 Å². The number of methoxy groups -OCH3 is 2. The van der Waals surface area contributed by atoms with E-state index >= 15 is 0 Å². The highest BCUT2D eigenvalue weighted by molar-refractivity contribution is 6.39. The van der Waals surface area contributed by atoms with Gasteiger partial charge in [-0.25, -0.2) is 24.1 Å². The monoisotopic (exact) mass is 1800 g/mol. The Morgan fingerprint density at radius 1 is 0.729 bits per heavy atom. The number of unbranched alkanes of at least 4 members (excludes halogenated alkanes) is 1. The van der Waals surface area contributed by atoms with E-state index in [9.17, 15) is 58.8 Å². The number of ether oxygens (including phenoxy) is 10. The lowest BCUT2D eigenvalue weighted by Crippen LogP contribution is -2.61. The van der Waals surface area contributed by atoms with E-state index in [1.54, 1.807) is 86.9 Å². The number of Topliss-reactive ketones (excluding diaryl/α,β-unsaturated/α-hetero) is 3. The third-order valence-electron chi connectivity index (χ3n) is 24.3. The Labute approximate surface area is 752 Å². The molecule has 3 aliphatic heterocycles. The van der Waals surface area contributed by atoms with Gasteiger partial charge in [0, 0.05) is 118 Å². The average molecular weight is 1800 g/mol. The number of amides is 4. The predicted molar refractivity (Wildman–Crippen MR) is 478 cm³/mol. The molecular formula is C93H132N14O22. The number of anilines is 1. The maximum atomic E-state index is 14.8. The zero-order valence-electron chi connectivity index (χ0n) is 75.5. The van der Waals surface area contributed by atoms with Crippen molar-refractivity contribution in [1.29, 1.82) is 0 Å². The number of piperidine rings is 1. The van der Waals surface area contributed by atoms with E-state index in [1.165, 1.54) is 19.3 Å². The van der Waals surface area contributed by atoms with Crippen LogP contribution in [0.1, 0.15) is 161 Å². The van der Waals surface area contributed by atoms with E-state index < -0.39 is 108 Å². The van der Waals surface area contributed by atoms with Crippen LogP contribution < -0.4 is 27.4 Å². The van der Waals surface area contributed by atoms with Crippen LogP contribution in [-0.2, 0) is 87.5 Å². The summed E-state index contributed by atoms with van der Waals surface area (Å²) in [5.41, 5.74) is 18.8. The number of phenols is 1. The summed E-state index contributed by atoms with van der Waals surface area (Å²) in [6.45, 7) is 15.4. The maximum absolute atomic E-state index is 14.8. The van der Waals surface area contributed by atoms with Crippen molar-refractivity contribution in [2.45, 2.75) is 211 Å². The van der Waals surface area contributed by atoms with E-state index in [2.05, 4.69) is 41.2 Å². The summed E-state index contributed by atoms with van der Waals surface area (Å²) in [4.78, 5) is 123. The number of benzene rings is 2. The molecule has 10 rings (SSSR count). The number of cyclic esters (lactones) is 1. The fourth-order valence-electron chi connectivity index (χ4n) is 16.8. The molecule has 15 atom stereocenters. The first kappa shape index (κ1) is 101. The fourth-order valence-corrected chi connectivity index (χ4v) is 16.8. The third-order valence-corrected chi connectivity index (χ3v) is 24.3. The Kier molecular flexibility index (Phi) is 40.0. The molecule has 4 aromatic heterocycles. The average Bonchev–Trinajstić information content (AvgIpc) is 1.60. The van der Waals surface area contributed by atoms with E-state index in [4.69, 9.17) is 63.9 Å². The number of hydrogen-bond donors (Lipinski definition) is 10. The minimum Gasteiger partial charge on any atom is -0.508 e. The summed E-state index contributed by atoms with van der Waals surface area (Å²) in [6.07, 6.45) is 13.7. The van der Waals surface area contributed by atoms with Crippen LogP contribution in [0, 0.1) is 29.6 Å². The summed E-state index contributed by atoms with van der Waals surface area (Å²) in [6, 6.07) is 11.5. The van der Waals surface area contributed by atoms with Crippen molar-refractivity contribution in [3.05, 3.63) is 114 Å². The number of aromatic hydroxyl groups is 1. The van der Waals surface area contributed by atoms with Gasteiger partial charge < -0.3 is 105 Å². The van der Waals surface area contributed by atoms with Crippen molar-refractivity contribution in [2.24, 2.45) is 35.3 Å². The van der Waals surface area contributed by atoms with Gasteiger partial charge in [-0.15, -0.1) is 5.10 Å². The van der Waals surface area contributed by atoms with Gasteiger partial charge in [0.05, 0.1) is 121 Å². The van der Waals surface area contributed by atoms with Crippen molar-refractivity contribution in [1.82, 2.24) is 60.6 Å². The molecule has 2 saturated heterocycles. The van der Waals surface area contributed by atoms with Crippen LogP contribution in [0.2, 0.25) is 0 Å². The van der Waals surface area contributed by atoms with Gasteiger partial charge in [-0.1, -0.05) is 81.5 Å². The van der Waals surface area contributed by atoms with Gasteiger partial charge in [0.25, 0.3) is 17.6 Å². The summed E-state index contributed by atoms with van der Waals surface area (Å²) in [5, 5.41) is 68.6. The van der Waals surface area contributed by atoms with E-state index in [0.29, 0.717) is 163 Å². The molecule has 2 aromatic carbocycles. The number of phenolic OH excluding ortho intramolecular Hbond substituents is 1. The van der Waals surface area contributed by atoms with Gasteiger partial charge in [-0.3, -0.25) is 33.6 Å². The second-order valence-corrected chi connectivity index (χ2v) is 34.1. The number of H-pyrrole nitrogens is 1. The Morgan fingerprint density at radius 3 is 2.12 bits per heavy atom. The second kappa shape index (κ2) is 51.0. The molecule has 0 spiro atoms. The lowest BCUT2D eigenvalue weighted by atomic mass is 9.79. The highest BCUT2D eigenvalue weighted by Gasteiger charge is 2.53. The summed E-state index contributed by atoms with van der Waals surface area (Å²) in [7, 11) is 3.15. The molecule has 7 heterocycles. The van der Waals surface area contributed by atoms with Crippen LogP contribution in [0.15, 0.2) is 109 Å². The predicted octanol–water partition coefficient (Wildman–Crippen LogP) is 7.25. The van der Waals surface area contributed by atoms with Crippen molar-refractivity contribution in [3.8, 4) is 28.4 Å². The molecule has 2 bridgehead atoms. The first-order valence-electron chi connectivity index (χ1n) is 45.1. The fraction of sp³-hybridized carbons (Fsp3) is 0.602. The Hall–Kier alpha value is -9.93. The molecule has 36 nitrogen and oxygen atoms in total. The molecule has 706 valence electrons. The number of nitrogens with one attached hydrogen (secondary N) is 4. The number of carbonyl (C=O) groups excluding carboxylic acids is 8. The van der Waals surface area contributed by atoms with Crippen LogP contribution in [0.3, 0.4) is 0 Å². The van der Waals surface area contributed by atoms with E-state index in [-0.39, 0.29) is 125 Å². The van der Waals surface area contributed by atoms with Crippen LogP contribution in [-0.4, -0.2) is 286 Å². The number of fused-ring (bicyclic) bond motifs is 5. The molecule has 0 radical (unpaired) electrons. The number of aromatic amines is 1. The number of nitrogens with two attached hydrogens (primary N) is 2. The lowest BCUT2D eigenvalue weighted by molar-refractivity contribution is -0.265. The molecule has 4 aliphatic rings.